The van der Waals surface area contributed by atoms with Gasteiger partial charge in [0.2, 0.25) is 5.91 Å². The minimum Gasteiger partial charge on any atom is -0.493 e. The number of hydrogen-bond donors (Lipinski definition) is 0. The van der Waals surface area contributed by atoms with E-state index in [1.165, 1.54) is 0 Å². The summed E-state index contributed by atoms with van der Waals surface area (Å²) in [7, 11) is 3.11. The summed E-state index contributed by atoms with van der Waals surface area (Å²) in [4.78, 5) is 29.4. The van der Waals surface area contributed by atoms with E-state index in [1.54, 1.807) is 37.3 Å². The first-order valence-corrected chi connectivity index (χ1v) is 10.5. The third-order valence-corrected chi connectivity index (χ3v) is 6.27. The fourth-order valence-corrected chi connectivity index (χ4v) is 4.38. The summed E-state index contributed by atoms with van der Waals surface area (Å²) >= 11 is 6.28. The van der Waals surface area contributed by atoms with Gasteiger partial charge in [-0.3, -0.25) is 9.59 Å². The van der Waals surface area contributed by atoms with Crippen LogP contribution in [0, 0.1) is 5.92 Å². The average molecular weight is 429 g/mol. The zero-order chi connectivity index (χ0) is 21.3. The van der Waals surface area contributed by atoms with E-state index in [2.05, 4.69) is 0 Å². The zero-order valence-corrected chi connectivity index (χ0v) is 17.9. The molecule has 0 aromatic heterocycles. The molecular weight excluding hydrogens is 404 g/mol. The highest BCUT2D eigenvalue weighted by molar-refractivity contribution is 6.31. The predicted molar refractivity (Wildman–Crippen MR) is 114 cm³/mol. The number of hydrogen-bond acceptors (Lipinski definition) is 4. The van der Waals surface area contributed by atoms with Gasteiger partial charge in [0.1, 0.15) is 0 Å². The molecular formula is C23H25ClN2O4. The van der Waals surface area contributed by atoms with Crippen LogP contribution < -0.4 is 9.47 Å². The van der Waals surface area contributed by atoms with E-state index in [0.717, 1.165) is 17.0 Å². The highest BCUT2D eigenvalue weighted by atomic mass is 35.5. The van der Waals surface area contributed by atoms with Crippen molar-refractivity contribution in [3.8, 4) is 11.5 Å². The summed E-state index contributed by atoms with van der Waals surface area (Å²) in [6.07, 6.45) is 0.841. The van der Waals surface area contributed by atoms with Crippen molar-refractivity contribution in [3.63, 3.8) is 0 Å². The van der Waals surface area contributed by atoms with Gasteiger partial charge in [0.05, 0.1) is 14.2 Å². The molecule has 1 heterocycles. The number of carbonyl (C=O) groups excluding carboxylic acids is 2. The molecule has 1 saturated heterocycles. The monoisotopic (exact) mass is 428 g/mol. The van der Waals surface area contributed by atoms with E-state index in [4.69, 9.17) is 21.1 Å². The molecule has 0 bridgehead atoms. The molecule has 1 saturated carbocycles. The summed E-state index contributed by atoms with van der Waals surface area (Å²) < 4.78 is 10.5. The first-order valence-electron chi connectivity index (χ1n) is 10.1. The molecule has 0 radical (unpaired) electrons. The molecule has 2 aromatic rings. The predicted octanol–water partition coefficient (Wildman–Crippen LogP) is 3.45. The maximum atomic E-state index is 12.9. The number of nitrogens with zero attached hydrogens (tertiary/aromatic N) is 2. The summed E-state index contributed by atoms with van der Waals surface area (Å²) in [5.74, 6) is 1.41. The van der Waals surface area contributed by atoms with Crippen LogP contribution in [0.1, 0.15) is 28.3 Å². The van der Waals surface area contributed by atoms with Crippen molar-refractivity contribution < 1.29 is 19.1 Å². The Kier molecular flexibility index (Phi) is 5.86. The summed E-state index contributed by atoms with van der Waals surface area (Å²) in [5.41, 5.74) is 1.60. The summed E-state index contributed by atoms with van der Waals surface area (Å²) in [5, 5.41) is 0.725. The number of amides is 2. The second-order valence-corrected chi connectivity index (χ2v) is 8.06. The van der Waals surface area contributed by atoms with Crippen LogP contribution in [-0.4, -0.2) is 62.0 Å². The molecule has 2 unspecified atom stereocenters. The lowest BCUT2D eigenvalue weighted by Crippen LogP contribution is -2.51. The van der Waals surface area contributed by atoms with Crippen LogP contribution in [0.3, 0.4) is 0 Å². The molecule has 2 atom stereocenters. The first-order chi connectivity index (χ1) is 14.5. The van der Waals surface area contributed by atoms with Gasteiger partial charge < -0.3 is 19.3 Å². The van der Waals surface area contributed by atoms with E-state index < -0.39 is 0 Å². The molecule has 4 rings (SSSR count). The van der Waals surface area contributed by atoms with Crippen molar-refractivity contribution in [1.82, 2.24) is 9.80 Å². The topological polar surface area (TPSA) is 59.1 Å². The third kappa shape index (κ3) is 3.97. The molecule has 7 heteroatoms. The van der Waals surface area contributed by atoms with Crippen LogP contribution in [-0.2, 0) is 4.79 Å². The maximum Gasteiger partial charge on any atom is 0.254 e. The molecule has 158 valence electrons. The number of carbonyl (C=O) groups is 2. The Morgan fingerprint density at radius 3 is 2.27 bits per heavy atom. The maximum absolute atomic E-state index is 12.9. The first kappa shape index (κ1) is 20.5. The average Bonchev–Trinajstić information content (AvgIpc) is 3.58. The standard InChI is InChI=1S/C23H25ClN2O4/c1-29-20-8-7-15(13-21(20)30-2)22(27)25-9-11-26(12-10-25)23(28)18-14-17(18)16-5-3-4-6-19(16)24/h3-8,13,17-18H,9-12,14H2,1-2H3. The smallest absolute Gasteiger partial charge is 0.254 e. The fraction of sp³-hybridized carbons (Fsp3) is 0.391. The van der Waals surface area contributed by atoms with Gasteiger partial charge in [-0.1, -0.05) is 29.8 Å². The molecule has 30 heavy (non-hydrogen) atoms. The van der Waals surface area contributed by atoms with Gasteiger partial charge in [-0.05, 0) is 42.2 Å². The number of halogens is 1. The minimum absolute atomic E-state index is 0.00185. The Morgan fingerprint density at radius 1 is 0.933 bits per heavy atom. The molecule has 6 nitrogen and oxygen atoms in total. The van der Waals surface area contributed by atoms with E-state index in [-0.39, 0.29) is 23.7 Å². The van der Waals surface area contributed by atoms with Crippen LogP contribution in [0.5, 0.6) is 11.5 Å². The van der Waals surface area contributed by atoms with E-state index in [0.29, 0.717) is 43.2 Å². The van der Waals surface area contributed by atoms with Crippen molar-refractivity contribution >= 4 is 23.4 Å². The number of ether oxygens (including phenoxy) is 2. The van der Waals surface area contributed by atoms with Gasteiger partial charge in [0.15, 0.2) is 11.5 Å². The second kappa shape index (κ2) is 8.56. The van der Waals surface area contributed by atoms with Crippen LogP contribution >= 0.6 is 11.6 Å². The number of benzene rings is 2. The lowest BCUT2D eigenvalue weighted by molar-refractivity contribution is -0.134. The molecule has 2 amide bonds. The van der Waals surface area contributed by atoms with E-state index in [9.17, 15) is 9.59 Å². The van der Waals surface area contributed by atoms with Crippen molar-refractivity contribution in [2.24, 2.45) is 5.92 Å². The Morgan fingerprint density at radius 2 is 1.60 bits per heavy atom. The van der Waals surface area contributed by atoms with Gasteiger partial charge in [0, 0.05) is 42.7 Å². The SMILES string of the molecule is COc1ccc(C(=O)N2CCN(C(=O)C3CC3c3ccccc3Cl)CC2)cc1OC. The van der Waals surface area contributed by atoms with Crippen LogP contribution in [0.2, 0.25) is 5.02 Å². The van der Waals surface area contributed by atoms with E-state index >= 15 is 0 Å². The number of piperazine rings is 1. The Labute approximate surface area is 181 Å². The highest BCUT2D eigenvalue weighted by Gasteiger charge is 2.46. The fourth-order valence-electron chi connectivity index (χ4n) is 4.10. The number of methoxy groups -OCH3 is 2. The largest absolute Gasteiger partial charge is 0.493 e. The molecule has 0 spiro atoms. The van der Waals surface area contributed by atoms with Crippen molar-refractivity contribution in [2.45, 2.75) is 12.3 Å². The minimum atomic E-state index is -0.0663. The van der Waals surface area contributed by atoms with Crippen LogP contribution in [0.15, 0.2) is 42.5 Å². The van der Waals surface area contributed by atoms with Crippen LogP contribution in [0.4, 0.5) is 0 Å². The molecule has 2 aromatic carbocycles. The lowest BCUT2D eigenvalue weighted by atomic mass is 10.1. The molecule has 1 aliphatic carbocycles. The Balaban J connectivity index is 1.34. The quantitative estimate of drug-likeness (QED) is 0.732. The van der Waals surface area contributed by atoms with Gasteiger partial charge in [-0.15, -0.1) is 0 Å². The van der Waals surface area contributed by atoms with Gasteiger partial charge in [-0.25, -0.2) is 0 Å². The summed E-state index contributed by atoms with van der Waals surface area (Å²) in [6.45, 7) is 2.12. The van der Waals surface area contributed by atoms with Crippen molar-refractivity contribution in [2.75, 3.05) is 40.4 Å². The zero-order valence-electron chi connectivity index (χ0n) is 17.1. The Bertz CT molecular complexity index is 956. The van der Waals surface area contributed by atoms with Crippen molar-refractivity contribution in [3.05, 3.63) is 58.6 Å². The van der Waals surface area contributed by atoms with Gasteiger partial charge in [-0.2, -0.15) is 0 Å². The van der Waals surface area contributed by atoms with E-state index in [1.807, 2.05) is 29.2 Å². The molecule has 0 N–H and O–H groups in total. The van der Waals surface area contributed by atoms with Crippen LogP contribution in [0.25, 0.3) is 0 Å². The molecule has 2 fully saturated rings. The normalized spacial score (nSPS) is 20.6. The Hall–Kier alpha value is -2.73. The van der Waals surface area contributed by atoms with Crippen molar-refractivity contribution in [1.29, 1.82) is 0 Å². The highest BCUT2D eigenvalue weighted by Crippen LogP contribution is 2.50. The number of rotatable bonds is 5. The summed E-state index contributed by atoms with van der Waals surface area (Å²) in [6, 6.07) is 12.9. The second-order valence-electron chi connectivity index (χ2n) is 7.66. The lowest BCUT2D eigenvalue weighted by Gasteiger charge is -2.35. The molecule has 1 aliphatic heterocycles. The molecule has 2 aliphatic rings. The van der Waals surface area contributed by atoms with Gasteiger partial charge >= 0.3 is 0 Å². The third-order valence-electron chi connectivity index (χ3n) is 5.92. The van der Waals surface area contributed by atoms with Gasteiger partial charge in [0.25, 0.3) is 5.91 Å².